The van der Waals surface area contributed by atoms with Gasteiger partial charge in [-0.1, -0.05) is 42.5 Å². The van der Waals surface area contributed by atoms with Gasteiger partial charge >= 0.3 is 5.97 Å². The summed E-state index contributed by atoms with van der Waals surface area (Å²) in [6.07, 6.45) is -1.17. The highest BCUT2D eigenvalue weighted by Gasteiger charge is 2.30. The van der Waals surface area contributed by atoms with Crippen LogP contribution in [0.2, 0.25) is 0 Å². The zero-order chi connectivity index (χ0) is 27.5. The van der Waals surface area contributed by atoms with Crippen LogP contribution in [0.1, 0.15) is 18.1 Å². The van der Waals surface area contributed by atoms with E-state index in [0.717, 1.165) is 0 Å². The minimum Gasteiger partial charge on any atom is -0.508 e. The zero-order valence-electron chi connectivity index (χ0n) is 20.2. The average molecular weight is 533 g/mol. The number of carbonyl (C=O) groups is 4. The summed E-state index contributed by atoms with van der Waals surface area (Å²) in [5.41, 5.74) is 6.89. The Morgan fingerprint density at radius 2 is 1.30 bits per heavy atom. The highest BCUT2D eigenvalue weighted by Crippen LogP contribution is 2.12. The molecular weight excluding hydrogens is 500 g/mol. The molecule has 5 unspecified atom stereocenters. The molecule has 0 saturated carbocycles. The summed E-state index contributed by atoms with van der Waals surface area (Å²) in [6.45, 7) is 1.33. The molecule has 11 nitrogen and oxygen atoms in total. The minimum atomic E-state index is -1.28. The molecule has 37 heavy (non-hydrogen) atoms. The number of carbonyl (C=O) groups excluding carboxylic acids is 3. The number of carboxylic acids is 1. The summed E-state index contributed by atoms with van der Waals surface area (Å²) in [6, 6.07) is 9.73. The lowest BCUT2D eigenvalue weighted by Gasteiger charge is -2.25. The maximum absolute atomic E-state index is 13.2. The van der Waals surface area contributed by atoms with Crippen LogP contribution in [0.4, 0.5) is 0 Å². The van der Waals surface area contributed by atoms with Crippen LogP contribution in [0, 0.1) is 0 Å². The van der Waals surface area contributed by atoms with E-state index in [4.69, 9.17) is 5.73 Å². The third kappa shape index (κ3) is 9.41. The number of benzene rings is 2. The Labute approximate surface area is 219 Å². The van der Waals surface area contributed by atoms with Gasteiger partial charge in [0, 0.05) is 18.6 Å². The Morgan fingerprint density at radius 3 is 1.84 bits per heavy atom. The molecule has 8 N–H and O–H groups in total. The topological polar surface area (TPSA) is 191 Å². The minimum absolute atomic E-state index is 0.00916. The van der Waals surface area contributed by atoms with Crippen LogP contribution in [-0.2, 0) is 32.0 Å². The van der Waals surface area contributed by atoms with Gasteiger partial charge < -0.3 is 37.0 Å². The van der Waals surface area contributed by atoms with Crippen molar-refractivity contribution in [2.24, 2.45) is 5.73 Å². The molecular formula is C25H32N4O7S. The summed E-state index contributed by atoms with van der Waals surface area (Å²) in [5, 5.41) is 36.1. The van der Waals surface area contributed by atoms with Crippen LogP contribution >= 0.6 is 12.6 Å². The van der Waals surface area contributed by atoms with E-state index in [2.05, 4.69) is 28.6 Å². The third-order valence-electron chi connectivity index (χ3n) is 5.54. The number of nitrogens with one attached hydrogen (secondary N) is 3. The predicted octanol–water partition coefficient (Wildman–Crippen LogP) is -0.646. The molecule has 200 valence electrons. The summed E-state index contributed by atoms with van der Waals surface area (Å²) < 4.78 is 0. The van der Waals surface area contributed by atoms with E-state index in [-0.39, 0.29) is 24.3 Å². The van der Waals surface area contributed by atoms with E-state index >= 15 is 0 Å². The summed E-state index contributed by atoms with van der Waals surface area (Å²) in [4.78, 5) is 50.2. The van der Waals surface area contributed by atoms with Gasteiger partial charge in [0.05, 0.1) is 6.10 Å². The van der Waals surface area contributed by atoms with Crippen molar-refractivity contribution in [2.45, 2.75) is 50.0 Å². The van der Waals surface area contributed by atoms with E-state index in [1.54, 1.807) is 42.5 Å². The van der Waals surface area contributed by atoms with Gasteiger partial charge in [-0.15, -0.1) is 0 Å². The number of aliphatic carboxylic acids is 1. The summed E-state index contributed by atoms with van der Waals surface area (Å²) >= 11 is 4.09. The van der Waals surface area contributed by atoms with Crippen molar-refractivity contribution in [1.82, 2.24) is 16.0 Å². The number of phenols is 1. The number of nitrogens with two attached hydrogens (primary N) is 1. The van der Waals surface area contributed by atoms with Crippen LogP contribution in [0.3, 0.4) is 0 Å². The Hall–Kier alpha value is -3.61. The Balaban J connectivity index is 2.22. The smallest absolute Gasteiger partial charge is 0.326 e. The number of aliphatic hydroxyl groups is 1. The first-order valence-electron chi connectivity index (χ1n) is 11.5. The molecule has 3 amide bonds. The Kier molecular flexibility index (Phi) is 11.4. The van der Waals surface area contributed by atoms with Gasteiger partial charge in [-0.25, -0.2) is 4.79 Å². The fourth-order valence-corrected chi connectivity index (χ4v) is 3.61. The first-order chi connectivity index (χ1) is 17.5. The second-order valence-corrected chi connectivity index (χ2v) is 8.90. The van der Waals surface area contributed by atoms with Gasteiger partial charge in [-0.2, -0.15) is 12.6 Å². The molecule has 0 aromatic heterocycles. The number of hydrogen-bond acceptors (Lipinski definition) is 8. The van der Waals surface area contributed by atoms with Crippen molar-refractivity contribution in [2.75, 3.05) is 5.75 Å². The number of amides is 3. The first kappa shape index (κ1) is 29.6. The van der Waals surface area contributed by atoms with Crippen molar-refractivity contribution in [3.05, 3.63) is 65.7 Å². The van der Waals surface area contributed by atoms with E-state index in [9.17, 15) is 34.5 Å². The molecule has 0 aliphatic carbocycles. The molecule has 5 atom stereocenters. The molecule has 0 fully saturated rings. The van der Waals surface area contributed by atoms with Gasteiger partial charge in [0.25, 0.3) is 0 Å². The molecule has 0 bridgehead atoms. The molecule has 2 rings (SSSR count). The van der Waals surface area contributed by atoms with E-state index in [1.165, 1.54) is 19.1 Å². The van der Waals surface area contributed by atoms with Crippen LogP contribution in [0.15, 0.2) is 54.6 Å². The van der Waals surface area contributed by atoms with Gasteiger partial charge in [0.2, 0.25) is 17.7 Å². The maximum atomic E-state index is 13.2. The number of aromatic hydroxyl groups is 1. The Bertz CT molecular complexity index is 1070. The second kappa shape index (κ2) is 14.2. The van der Waals surface area contributed by atoms with E-state index in [1.807, 2.05) is 0 Å². The lowest BCUT2D eigenvalue weighted by atomic mass is 10.0. The van der Waals surface area contributed by atoms with Crippen molar-refractivity contribution >= 4 is 36.3 Å². The molecule has 0 saturated heterocycles. The molecule has 0 aliphatic heterocycles. The van der Waals surface area contributed by atoms with Crippen molar-refractivity contribution < 1.29 is 34.5 Å². The molecule has 2 aromatic carbocycles. The average Bonchev–Trinajstić information content (AvgIpc) is 2.87. The lowest BCUT2D eigenvalue weighted by molar-refractivity contribution is -0.142. The quantitative estimate of drug-likeness (QED) is 0.156. The van der Waals surface area contributed by atoms with Crippen LogP contribution in [0.5, 0.6) is 5.75 Å². The summed E-state index contributed by atoms with van der Waals surface area (Å²) in [7, 11) is 0. The van der Waals surface area contributed by atoms with Gasteiger partial charge in [0.15, 0.2) is 0 Å². The predicted molar refractivity (Wildman–Crippen MR) is 139 cm³/mol. The normalized spacial score (nSPS) is 14.9. The number of thiol groups is 1. The molecule has 0 heterocycles. The van der Waals surface area contributed by atoms with Crippen LogP contribution in [-0.4, -0.2) is 75.0 Å². The number of carboxylic acid groups (broad SMARTS) is 1. The fraction of sp³-hybridized carbons (Fsp3) is 0.360. The third-order valence-corrected chi connectivity index (χ3v) is 5.91. The molecule has 2 aromatic rings. The molecule has 0 spiro atoms. The van der Waals surface area contributed by atoms with Crippen molar-refractivity contribution in [3.8, 4) is 5.75 Å². The monoisotopic (exact) mass is 532 g/mol. The van der Waals surface area contributed by atoms with Crippen LogP contribution in [0.25, 0.3) is 0 Å². The number of phenolic OH excluding ortho intramolecular Hbond substituents is 1. The second-order valence-electron chi connectivity index (χ2n) is 8.53. The maximum Gasteiger partial charge on any atom is 0.326 e. The van der Waals surface area contributed by atoms with Gasteiger partial charge in [0.1, 0.15) is 29.9 Å². The highest BCUT2D eigenvalue weighted by atomic mass is 32.1. The Morgan fingerprint density at radius 1 is 0.811 bits per heavy atom. The van der Waals surface area contributed by atoms with Crippen molar-refractivity contribution in [3.63, 3.8) is 0 Å². The zero-order valence-corrected chi connectivity index (χ0v) is 21.1. The van der Waals surface area contributed by atoms with Gasteiger partial charge in [-0.3, -0.25) is 14.4 Å². The summed E-state index contributed by atoms with van der Waals surface area (Å²) in [5.74, 6) is -3.67. The van der Waals surface area contributed by atoms with E-state index in [0.29, 0.717) is 11.1 Å². The number of hydrogen-bond donors (Lipinski definition) is 8. The molecule has 0 aliphatic rings. The molecule has 0 radical (unpaired) electrons. The van der Waals surface area contributed by atoms with Crippen LogP contribution < -0.4 is 21.7 Å². The number of aliphatic hydroxyl groups excluding tert-OH is 1. The first-order valence-corrected chi connectivity index (χ1v) is 12.1. The van der Waals surface area contributed by atoms with E-state index < -0.39 is 54.0 Å². The lowest BCUT2D eigenvalue weighted by Crippen LogP contribution is -2.59. The molecule has 12 heteroatoms. The number of rotatable bonds is 13. The fourth-order valence-electron chi connectivity index (χ4n) is 3.35. The SMILES string of the molecule is CC(O)C(N)C(=O)NC(CS)C(=O)NC(Cc1ccc(O)cc1)C(=O)NC(Cc1ccccc1)C(=O)O. The standard InChI is InChI=1S/C25H32N4O7S/c1-14(30)21(26)24(34)29-20(13-37)23(33)27-18(11-16-7-9-17(31)10-8-16)22(32)28-19(25(35)36)12-15-5-3-2-4-6-15/h2-10,14,18-21,30-31,37H,11-13,26H2,1H3,(H,27,33)(H,28,32)(H,29,34)(H,35,36). The largest absolute Gasteiger partial charge is 0.508 e. The van der Waals surface area contributed by atoms with Gasteiger partial charge in [-0.05, 0) is 30.2 Å². The van der Waals surface area contributed by atoms with Crippen molar-refractivity contribution in [1.29, 1.82) is 0 Å². The highest BCUT2D eigenvalue weighted by molar-refractivity contribution is 7.80.